The van der Waals surface area contributed by atoms with Crippen molar-refractivity contribution in [1.82, 2.24) is 4.90 Å². The van der Waals surface area contributed by atoms with E-state index >= 15 is 0 Å². The van der Waals surface area contributed by atoms with E-state index in [1.807, 2.05) is 0 Å². The molecule has 1 fully saturated rings. The van der Waals surface area contributed by atoms with Crippen LogP contribution < -0.4 is 0 Å². The summed E-state index contributed by atoms with van der Waals surface area (Å²) in [5.74, 6) is -0.225. The number of rotatable bonds is 3. The molecule has 1 aromatic rings. The Morgan fingerprint density at radius 3 is 2.65 bits per heavy atom. The highest BCUT2D eigenvalue weighted by molar-refractivity contribution is 7.90. The Morgan fingerprint density at radius 2 is 2.10 bits per heavy atom. The van der Waals surface area contributed by atoms with Gasteiger partial charge in [-0.25, -0.2) is 8.42 Å². The zero-order valence-corrected chi connectivity index (χ0v) is 12.9. The summed E-state index contributed by atoms with van der Waals surface area (Å²) in [6, 6.07) is 4.19. The third-order valence-corrected chi connectivity index (χ3v) is 4.62. The fourth-order valence-electron chi connectivity index (χ4n) is 2.19. The van der Waals surface area contributed by atoms with Crippen molar-refractivity contribution >= 4 is 27.3 Å². The van der Waals surface area contributed by atoms with Crippen LogP contribution in [0.15, 0.2) is 23.1 Å². The van der Waals surface area contributed by atoms with Crippen molar-refractivity contribution in [2.45, 2.75) is 17.4 Å². The molecular formula is C13H16ClNO4S. The van der Waals surface area contributed by atoms with E-state index in [1.54, 1.807) is 12.0 Å². The van der Waals surface area contributed by atoms with E-state index < -0.39 is 9.84 Å². The summed E-state index contributed by atoms with van der Waals surface area (Å²) in [5, 5.41) is 0.235. The first-order valence-corrected chi connectivity index (χ1v) is 8.41. The van der Waals surface area contributed by atoms with Gasteiger partial charge in [-0.2, -0.15) is 0 Å². The maximum absolute atomic E-state index is 12.4. The molecule has 0 radical (unpaired) electrons. The summed E-state index contributed by atoms with van der Waals surface area (Å²) in [7, 11) is -1.79. The Balaban J connectivity index is 2.29. The van der Waals surface area contributed by atoms with Gasteiger partial charge >= 0.3 is 0 Å². The lowest BCUT2D eigenvalue weighted by molar-refractivity contribution is 0.0724. The molecule has 1 aliphatic heterocycles. The van der Waals surface area contributed by atoms with Crippen molar-refractivity contribution in [2.24, 2.45) is 0 Å². The number of hydrogen-bond donors (Lipinski definition) is 0. The van der Waals surface area contributed by atoms with Gasteiger partial charge < -0.3 is 9.64 Å². The number of methoxy groups -OCH3 is 1. The molecule has 1 aliphatic rings. The number of nitrogens with zero attached hydrogens (tertiary/aromatic N) is 1. The van der Waals surface area contributed by atoms with Crippen LogP contribution in [-0.4, -0.2) is 51.8 Å². The first-order valence-electron chi connectivity index (χ1n) is 6.14. The molecule has 110 valence electrons. The number of ether oxygens (including phenoxy) is 1. The summed E-state index contributed by atoms with van der Waals surface area (Å²) in [6.45, 7) is 1.11. The van der Waals surface area contributed by atoms with E-state index in [0.29, 0.717) is 13.1 Å². The minimum atomic E-state index is -3.40. The van der Waals surface area contributed by atoms with E-state index in [-0.39, 0.29) is 27.5 Å². The predicted molar refractivity (Wildman–Crippen MR) is 75.9 cm³/mol. The van der Waals surface area contributed by atoms with Gasteiger partial charge in [-0.05, 0) is 24.6 Å². The van der Waals surface area contributed by atoms with Crippen molar-refractivity contribution in [3.63, 3.8) is 0 Å². The van der Waals surface area contributed by atoms with E-state index in [9.17, 15) is 13.2 Å². The fraction of sp³-hybridized carbons (Fsp3) is 0.462. The zero-order chi connectivity index (χ0) is 14.9. The Labute approximate surface area is 123 Å². The lowest BCUT2D eigenvalue weighted by Gasteiger charge is -2.16. The average Bonchev–Trinajstić information content (AvgIpc) is 2.84. The molecule has 1 atom stereocenters. The minimum Gasteiger partial charge on any atom is -0.380 e. The standard InChI is InChI=1S/C13H16ClNO4S/c1-19-11-3-4-15(8-11)13(16)9-5-10(14)7-12(6-9)20(2,17)18/h5-7,11H,3-4,8H2,1-2H3/t11-/m1/s1. The van der Waals surface area contributed by atoms with E-state index in [2.05, 4.69) is 0 Å². The Hall–Kier alpha value is -1.11. The van der Waals surface area contributed by atoms with Gasteiger partial charge in [0.05, 0.1) is 11.0 Å². The Bertz CT molecular complexity index is 629. The molecule has 0 aromatic heterocycles. The first kappa shape index (κ1) is 15.3. The number of carbonyl (C=O) groups is 1. The lowest BCUT2D eigenvalue weighted by Crippen LogP contribution is -2.30. The highest BCUT2D eigenvalue weighted by atomic mass is 35.5. The molecule has 0 aliphatic carbocycles. The fourth-order valence-corrected chi connectivity index (χ4v) is 3.17. The smallest absolute Gasteiger partial charge is 0.254 e. The van der Waals surface area contributed by atoms with Gasteiger partial charge in [0.2, 0.25) is 0 Å². The quantitative estimate of drug-likeness (QED) is 0.849. The van der Waals surface area contributed by atoms with Crippen molar-refractivity contribution in [3.05, 3.63) is 28.8 Å². The average molecular weight is 318 g/mol. The number of amides is 1. The summed E-state index contributed by atoms with van der Waals surface area (Å²) in [5.41, 5.74) is 0.287. The molecule has 1 saturated heterocycles. The van der Waals surface area contributed by atoms with Crippen molar-refractivity contribution < 1.29 is 17.9 Å². The molecule has 0 saturated carbocycles. The number of benzene rings is 1. The van der Waals surface area contributed by atoms with Gasteiger partial charge in [0.1, 0.15) is 0 Å². The second-order valence-corrected chi connectivity index (χ2v) is 7.30. The van der Waals surface area contributed by atoms with Crippen molar-refractivity contribution in [1.29, 1.82) is 0 Å². The monoisotopic (exact) mass is 317 g/mol. The van der Waals surface area contributed by atoms with Crippen LogP contribution in [-0.2, 0) is 14.6 Å². The van der Waals surface area contributed by atoms with Crippen LogP contribution >= 0.6 is 11.6 Å². The SMILES string of the molecule is CO[C@@H]1CCN(C(=O)c2cc(Cl)cc(S(C)(=O)=O)c2)C1. The normalized spacial score (nSPS) is 19.4. The van der Waals surface area contributed by atoms with Gasteiger partial charge in [0.15, 0.2) is 9.84 Å². The molecule has 0 bridgehead atoms. The van der Waals surface area contributed by atoms with Gasteiger partial charge in [-0.3, -0.25) is 4.79 Å². The minimum absolute atomic E-state index is 0.0347. The van der Waals surface area contributed by atoms with Crippen LogP contribution in [0.4, 0.5) is 0 Å². The van der Waals surface area contributed by atoms with Crippen LogP contribution in [0.1, 0.15) is 16.8 Å². The van der Waals surface area contributed by atoms with E-state index in [4.69, 9.17) is 16.3 Å². The summed E-state index contributed by atoms with van der Waals surface area (Å²) in [4.78, 5) is 14.1. The summed E-state index contributed by atoms with van der Waals surface area (Å²) in [6.07, 6.45) is 1.90. The summed E-state index contributed by atoms with van der Waals surface area (Å²) < 4.78 is 28.4. The van der Waals surface area contributed by atoms with E-state index in [0.717, 1.165) is 12.7 Å². The number of hydrogen-bond acceptors (Lipinski definition) is 4. The Morgan fingerprint density at radius 1 is 1.40 bits per heavy atom. The molecular weight excluding hydrogens is 302 g/mol. The number of carbonyl (C=O) groups excluding carboxylic acids is 1. The highest BCUT2D eigenvalue weighted by Gasteiger charge is 2.27. The predicted octanol–water partition coefficient (Wildman–Crippen LogP) is 1.60. The van der Waals surface area contributed by atoms with Crippen molar-refractivity contribution in [3.8, 4) is 0 Å². The molecule has 5 nitrogen and oxygen atoms in total. The molecule has 1 amide bonds. The summed E-state index contributed by atoms with van der Waals surface area (Å²) >= 11 is 5.90. The topological polar surface area (TPSA) is 63.7 Å². The molecule has 1 heterocycles. The van der Waals surface area contributed by atoms with Gasteiger partial charge in [0.25, 0.3) is 5.91 Å². The maximum atomic E-state index is 12.4. The molecule has 1 aromatic carbocycles. The van der Waals surface area contributed by atoms with Crippen LogP contribution in [0.25, 0.3) is 0 Å². The third-order valence-electron chi connectivity index (χ3n) is 3.31. The second kappa shape index (κ2) is 5.71. The number of halogens is 1. The van der Waals surface area contributed by atoms with Gasteiger partial charge in [-0.1, -0.05) is 11.6 Å². The zero-order valence-electron chi connectivity index (χ0n) is 11.3. The molecule has 2 rings (SSSR count). The van der Waals surface area contributed by atoms with Crippen LogP contribution in [0.2, 0.25) is 5.02 Å². The number of sulfone groups is 1. The largest absolute Gasteiger partial charge is 0.380 e. The van der Waals surface area contributed by atoms with Crippen LogP contribution in [0, 0.1) is 0 Å². The number of likely N-dealkylation sites (tertiary alicyclic amines) is 1. The molecule has 0 N–H and O–H groups in total. The van der Waals surface area contributed by atoms with Crippen LogP contribution in [0.5, 0.6) is 0 Å². The molecule has 7 heteroatoms. The van der Waals surface area contributed by atoms with Gasteiger partial charge in [-0.15, -0.1) is 0 Å². The van der Waals surface area contributed by atoms with E-state index in [1.165, 1.54) is 18.2 Å². The highest BCUT2D eigenvalue weighted by Crippen LogP contribution is 2.22. The lowest BCUT2D eigenvalue weighted by atomic mass is 10.2. The van der Waals surface area contributed by atoms with Crippen LogP contribution in [0.3, 0.4) is 0 Å². The second-order valence-electron chi connectivity index (χ2n) is 4.85. The molecule has 0 spiro atoms. The molecule has 0 unspecified atom stereocenters. The van der Waals surface area contributed by atoms with Crippen molar-refractivity contribution in [2.75, 3.05) is 26.5 Å². The Kier molecular flexibility index (Phi) is 4.36. The third kappa shape index (κ3) is 3.31. The molecule has 20 heavy (non-hydrogen) atoms. The first-order chi connectivity index (χ1) is 9.31. The maximum Gasteiger partial charge on any atom is 0.254 e. The van der Waals surface area contributed by atoms with Gasteiger partial charge in [0, 0.05) is 37.0 Å².